The van der Waals surface area contributed by atoms with Gasteiger partial charge in [0.15, 0.2) is 0 Å². The zero-order chi connectivity index (χ0) is 16.2. The molecule has 2 fully saturated rings. The van der Waals surface area contributed by atoms with Crippen LogP contribution in [0.2, 0.25) is 0 Å². The molecule has 3 rings (SSSR count). The molecule has 0 bridgehead atoms. The number of nitrogens with zero attached hydrogens (tertiary/aromatic N) is 2. The first kappa shape index (κ1) is 16.5. The molecule has 1 heterocycles. The molecule has 1 aromatic rings. The maximum atomic E-state index is 12.6. The first-order valence-electron chi connectivity index (χ1n) is 8.93. The van der Waals surface area contributed by atoms with Crippen LogP contribution in [0.4, 0.5) is 0 Å². The first-order chi connectivity index (χ1) is 11.1. The van der Waals surface area contributed by atoms with Crippen LogP contribution in [0.25, 0.3) is 0 Å². The lowest BCUT2D eigenvalue weighted by molar-refractivity contribution is -0.125. The molecule has 1 aliphatic carbocycles. The van der Waals surface area contributed by atoms with Gasteiger partial charge < -0.3 is 5.32 Å². The molecular formula is C19H29N3O. The van der Waals surface area contributed by atoms with Gasteiger partial charge in [0, 0.05) is 25.2 Å². The van der Waals surface area contributed by atoms with Gasteiger partial charge in [-0.3, -0.25) is 14.6 Å². The summed E-state index contributed by atoms with van der Waals surface area (Å²) in [5, 5.41) is 3.18. The van der Waals surface area contributed by atoms with Crippen molar-refractivity contribution in [1.82, 2.24) is 15.1 Å². The second kappa shape index (κ2) is 7.45. The number of rotatable bonds is 7. The molecule has 2 atom stereocenters. The number of hydrogen-bond acceptors (Lipinski definition) is 3. The van der Waals surface area contributed by atoms with Crippen LogP contribution < -0.4 is 5.32 Å². The van der Waals surface area contributed by atoms with Crippen molar-refractivity contribution in [3.8, 4) is 0 Å². The van der Waals surface area contributed by atoms with E-state index < -0.39 is 0 Å². The topological polar surface area (TPSA) is 35.6 Å². The summed E-state index contributed by atoms with van der Waals surface area (Å²) in [4.78, 5) is 17.3. The normalized spacial score (nSPS) is 23.2. The molecule has 4 heteroatoms. The summed E-state index contributed by atoms with van der Waals surface area (Å²) in [7, 11) is 2.17. The monoisotopic (exact) mass is 315 g/mol. The number of amides is 1. The maximum Gasteiger partial charge on any atom is 0.237 e. The lowest BCUT2D eigenvalue weighted by Gasteiger charge is -2.27. The van der Waals surface area contributed by atoms with Gasteiger partial charge in [0.05, 0.1) is 6.04 Å². The SMILES string of the molecule is CC(CNC(=O)C1CCCN1Cc1ccccc1)N(C)C1CC1. The van der Waals surface area contributed by atoms with Gasteiger partial charge in [-0.15, -0.1) is 0 Å². The minimum absolute atomic E-state index is 0.0358. The van der Waals surface area contributed by atoms with Crippen molar-refractivity contribution < 1.29 is 4.79 Å². The summed E-state index contributed by atoms with van der Waals surface area (Å²) < 4.78 is 0. The third-order valence-electron chi connectivity index (χ3n) is 5.28. The van der Waals surface area contributed by atoms with Gasteiger partial charge in [-0.05, 0) is 51.8 Å². The van der Waals surface area contributed by atoms with Crippen LogP contribution in [-0.4, -0.2) is 54.0 Å². The molecule has 0 spiro atoms. The summed E-state index contributed by atoms with van der Waals surface area (Å²) in [5.74, 6) is 0.203. The fraction of sp³-hybridized carbons (Fsp3) is 0.632. The minimum atomic E-state index is 0.0358. The lowest BCUT2D eigenvalue weighted by atomic mass is 10.1. The van der Waals surface area contributed by atoms with E-state index in [1.165, 1.54) is 18.4 Å². The zero-order valence-corrected chi connectivity index (χ0v) is 14.4. The van der Waals surface area contributed by atoms with E-state index in [1.54, 1.807) is 0 Å². The fourth-order valence-electron chi connectivity index (χ4n) is 3.48. The van der Waals surface area contributed by atoms with E-state index in [2.05, 4.69) is 53.4 Å². The Balaban J connectivity index is 1.49. The van der Waals surface area contributed by atoms with E-state index in [9.17, 15) is 4.79 Å². The molecule has 1 aromatic carbocycles. The second-order valence-electron chi connectivity index (χ2n) is 7.10. The van der Waals surface area contributed by atoms with Crippen molar-refractivity contribution in [2.45, 2.75) is 57.3 Å². The highest BCUT2D eigenvalue weighted by Gasteiger charge is 2.32. The van der Waals surface area contributed by atoms with E-state index in [0.29, 0.717) is 6.04 Å². The molecular weight excluding hydrogens is 286 g/mol. The molecule has 1 amide bonds. The Morgan fingerprint density at radius 3 is 2.74 bits per heavy atom. The largest absolute Gasteiger partial charge is 0.353 e. The minimum Gasteiger partial charge on any atom is -0.353 e. The average Bonchev–Trinajstić information content (AvgIpc) is 3.32. The van der Waals surface area contributed by atoms with Crippen molar-refractivity contribution in [3.05, 3.63) is 35.9 Å². The molecule has 4 nitrogen and oxygen atoms in total. The predicted octanol–water partition coefficient (Wildman–Crippen LogP) is 2.25. The molecule has 1 saturated heterocycles. The van der Waals surface area contributed by atoms with Gasteiger partial charge in [-0.1, -0.05) is 30.3 Å². The zero-order valence-electron chi connectivity index (χ0n) is 14.4. The Morgan fingerprint density at radius 2 is 2.04 bits per heavy atom. The predicted molar refractivity (Wildman–Crippen MR) is 93.1 cm³/mol. The van der Waals surface area contributed by atoms with Crippen LogP contribution in [0.15, 0.2) is 30.3 Å². The molecule has 2 unspecified atom stereocenters. The molecule has 0 aromatic heterocycles. The number of likely N-dealkylation sites (N-methyl/N-ethyl adjacent to an activating group) is 1. The Labute approximate surface area is 139 Å². The Bertz CT molecular complexity index is 515. The van der Waals surface area contributed by atoms with Gasteiger partial charge >= 0.3 is 0 Å². The highest BCUT2D eigenvalue weighted by Crippen LogP contribution is 2.26. The van der Waals surface area contributed by atoms with Gasteiger partial charge in [0.2, 0.25) is 5.91 Å². The Hall–Kier alpha value is -1.39. The van der Waals surface area contributed by atoms with E-state index in [1.807, 2.05) is 6.07 Å². The third kappa shape index (κ3) is 4.33. The third-order valence-corrected chi connectivity index (χ3v) is 5.28. The molecule has 126 valence electrons. The van der Waals surface area contributed by atoms with Crippen molar-refractivity contribution in [1.29, 1.82) is 0 Å². The van der Waals surface area contributed by atoms with Crippen molar-refractivity contribution >= 4 is 5.91 Å². The number of nitrogens with one attached hydrogen (secondary N) is 1. The average molecular weight is 315 g/mol. The van der Waals surface area contributed by atoms with Crippen LogP contribution >= 0.6 is 0 Å². The van der Waals surface area contributed by atoms with E-state index in [4.69, 9.17) is 0 Å². The molecule has 1 aliphatic heterocycles. The van der Waals surface area contributed by atoms with Crippen LogP contribution in [0, 0.1) is 0 Å². The van der Waals surface area contributed by atoms with Gasteiger partial charge in [-0.2, -0.15) is 0 Å². The molecule has 2 aliphatic rings. The van der Waals surface area contributed by atoms with Gasteiger partial charge in [0.25, 0.3) is 0 Å². The number of likely N-dealkylation sites (tertiary alicyclic amines) is 1. The van der Waals surface area contributed by atoms with Gasteiger partial charge in [0.1, 0.15) is 0 Å². The van der Waals surface area contributed by atoms with E-state index in [0.717, 1.165) is 38.5 Å². The van der Waals surface area contributed by atoms with Crippen molar-refractivity contribution in [2.24, 2.45) is 0 Å². The number of carbonyl (C=O) groups is 1. The summed E-state index contributed by atoms with van der Waals surface area (Å²) in [6.07, 6.45) is 4.71. The van der Waals surface area contributed by atoms with Crippen molar-refractivity contribution in [2.75, 3.05) is 20.1 Å². The van der Waals surface area contributed by atoms with E-state index in [-0.39, 0.29) is 11.9 Å². The highest BCUT2D eigenvalue weighted by molar-refractivity contribution is 5.82. The second-order valence-corrected chi connectivity index (χ2v) is 7.10. The summed E-state index contributed by atoms with van der Waals surface area (Å²) in [5.41, 5.74) is 1.29. The summed E-state index contributed by atoms with van der Waals surface area (Å²) in [6, 6.07) is 11.6. The molecule has 0 radical (unpaired) electrons. The number of benzene rings is 1. The van der Waals surface area contributed by atoms with Gasteiger partial charge in [-0.25, -0.2) is 0 Å². The fourth-order valence-corrected chi connectivity index (χ4v) is 3.48. The van der Waals surface area contributed by atoms with Crippen molar-refractivity contribution in [3.63, 3.8) is 0 Å². The summed E-state index contributed by atoms with van der Waals surface area (Å²) in [6.45, 7) is 4.84. The Morgan fingerprint density at radius 1 is 1.30 bits per heavy atom. The van der Waals surface area contributed by atoms with Crippen LogP contribution in [0.1, 0.15) is 38.2 Å². The highest BCUT2D eigenvalue weighted by atomic mass is 16.2. The lowest BCUT2D eigenvalue weighted by Crippen LogP contribution is -2.47. The molecule has 23 heavy (non-hydrogen) atoms. The van der Waals surface area contributed by atoms with Crippen LogP contribution in [-0.2, 0) is 11.3 Å². The molecule has 1 N–H and O–H groups in total. The standard InChI is InChI=1S/C19H29N3O/c1-15(21(2)17-10-11-17)13-20-19(23)18-9-6-12-22(18)14-16-7-4-3-5-8-16/h3-5,7-8,15,17-18H,6,9-14H2,1-2H3,(H,20,23). The molecule has 1 saturated carbocycles. The maximum absolute atomic E-state index is 12.6. The van der Waals surface area contributed by atoms with Crippen LogP contribution in [0.3, 0.4) is 0 Å². The number of hydrogen-bond donors (Lipinski definition) is 1. The summed E-state index contributed by atoms with van der Waals surface area (Å²) >= 11 is 0. The quantitative estimate of drug-likeness (QED) is 0.838. The number of carbonyl (C=O) groups excluding carboxylic acids is 1. The first-order valence-corrected chi connectivity index (χ1v) is 8.93. The smallest absolute Gasteiger partial charge is 0.237 e. The Kier molecular flexibility index (Phi) is 5.34. The van der Waals surface area contributed by atoms with Crippen LogP contribution in [0.5, 0.6) is 0 Å². The van der Waals surface area contributed by atoms with E-state index >= 15 is 0 Å².